The topological polar surface area (TPSA) is 73.8 Å². The molecule has 6 nitrogen and oxygen atoms in total. The van der Waals surface area contributed by atoms with Crippen molar-refractivity contribution in [2.45, 2.75) is 50.5 Å². The van der Waals surface area contributed by atoms with Gasteiger partial charge in [-0.3, -0.25) is 4.90 Å². The van der Waals surface area contributed by atoms with Crippen LogP contribution in [0.5, 0.6) is 0 Å². The fourth-order valence-electron chi connectivity index (χ4n) is 2.66. The fraction of sp³-hybridized carbons (Fsp3) is 0.923. The van der Waals surface area contributed by atoms with E-state index in [0.717, 1.165) is 0 Å². The number of carbonyl (C=O) groups is 1. The number of hydrogen-bond acceptors (Lipinski definition) is 4. The van der Waals surface area contributed by atoms with Crippen molar-refractivity contribution in [3.05, 3.63) is 0 Å². The summed E-state index contributed by atoms with van der Waals surface area (Å²) in [6.45, 7) is 4.09. The van der Waals surface area contributed by atoms with E-state index in [1.807, 2.05) is 13.8 Å². The largest absolute Gasteiger partial charge is 0.388 e. The second kappa shape index (κ2) is 6.41. The molecular weight excluding hydrogens is 284 g/mol. The van der Waals surface area contributed by atoms with Crippen molar-refractivity contribution in [3.63, 3.8) is 0 Å². The molecule has 0 aromatic carbocycles. The Morgan fingerprint density at radius 2 is 2.24 bits per heavy atom. The molecule has 0 aliphatic carbocycles. The van der Waals surface area contributed by atoms with Crippen LogP contribution >= 0.6 is 0 Å². The van der Waals surface area contributed by atoms with Gasteiger partial charge in [-0.05, 0) is 13.8 Å². The summed E-state index contributed by atoms with van der Waals surface area (Å²) >= 11 is 0. The first kappa shape index (κ1) is 16.4. The minimum atomic E-state index is -2.65. The highest BCUT2D eigenvalue weighted by Gasteiger charge is 2.42. The quantitative estimate of drug-likeness (QED) is 0.692. The highest BCUT2D eigenvalue weighted by atomic mass is 19.3. The van der Waals surface area contributed by atoms with E-state index in [-0.39, 0.29) is 38.2 Å². The van der Waals surface area contributed by atoms with E-state index in [0.29, 0.717) is 6.54 Å². The molecule has 2 amide bonds. The summed E-state index contributed by atoms with van der Waals surface area (Å²) in [5.74, 6) is -2.65. The average molecular weight is 307 g/mol. The molecule has 21 heavy (non-hydrogen) atoms. The third-order valence-electron chi connectivity index (χ3n) is 3.71. The Labute approximate surface area is 122 Å². The van der Waals surface area contributed by atoms with E-state index >= 15 is 0 Å². The summed E-state index contributed by atoms with van der Waals surface area (Å²) in [6, 6.07) is -0.894. The Morgan fingerprint density at radius 3 is 2.81 bits per heavy atom. The van der Waals surface area contributed by atoms with Gasteiger partial charge >= 0.3 is 6.03 Å². The molecule has 2 heterocycles. The fourth-order valence-corrected chi connectivity index (χ4v) is 2.66. The zero-order chi connectivity index (χ0) is 15.6. The lowest BCUT2D eigenvalue weighted by Crippen LogP contribution is -2.50. The summed E-state index contributed by atoms with van der Waals surface area (Å²) in [5, 5.41) is 15.4. The molecular formula is C13H23F2N3O3. The van der Waals surface area contributed by atoms with Crippen LogP contribution in [0.2, 0.25) is 0 Å². The maximum Gasteiger partial charge on any atom is 0.315 e. The van der Waals surface area contributed by atoms with E-state index in [9.17, 15) is 18.7 Å². The molecule has 3 atom stereocenters. The number of nitrogens with zero attached hydrogens (tertiary/aromatic N) is 1. The van der Waals surface area contributed by atoms with Crippen LogP contribution in [0.25, 0.3) is 0 Å². The van der Waals surface area contributed by atoms with Gasteiger partial charge in [-0.25, -0.2) is 13.6 Å². The molecule has 0 saturated carbocycles. The molecule has 0 bridgehead atoms. The zero-order valence-electron chi connectivity index (χ0n) is 12.3. The number of amides is 2. The number of carbonyl (C=O) groups excluding carboxylic acids is 1. The lowest BCUT2D eigenvalue weighted by atomic mass is 10.1. The molecule has 2 rings (SSSR count). The number of halogens is 2. The average Bonchev–Trinajstić information content (AvgIpc) is 2.85. The Bertz CT molecular complexity index is 382. The first-order chi connectivity index (χ1) is 9.77. The van der Waals surface area contributed by atoms with Crippen molar-refractivity contribution >= 4 is 6.03 Å². The van der Waals surface area contributed by atoms with Crippen molar-refractivity contribution in [1.29, 1.82) is 0 Å². The molecule has 8 heteroatoms. The summed E-state index contributed by atoms with van der Waals surface area (Å²) in [5.41, 5.74) is 0. The highest BCUT2D eigenvalue weighted by molar-refractivity contribution is 5.74. The van der Waals surface area contributed by atoms with Crippen LogP contribution in [0, 0.1) is 0 Å². The number of nitrogens with one attached hydrogen (secondary N) is 2. The van der Waals surface area contributed by atoms with Crippen LogP contribution < -0.4 is 10.6 Å². The smallest absolute Gasteiger partial charge is 0.315 e. The van der Waals surface area contributed by atoms with E-state index in [1.54, 1.807) is 4.90 Å². The molecule has 0 aromatic heterocycles. The Balaban J connectivity index is 1.79. The van der Waals surface area contributed by atoms with Gasteiger partial charge in [0.05, 0.1) is 25.3 Å². The van der Waals surface area contributed by atoms with E-state index in [4.69, 9.17) is 4.74 Å². The molecule has 2 aliphatic rings. The summed E-state index contributed by atoms with van der Waals surface area (Å²) < 4.78 is 31.7. The standard InChI is InChI=1S/C13H23F2N3O3/c1-8(2)16-12(20)17-9-6-21-10(11(9)19)5-18-4-3-13(14,15)7-18/h8-11,19H,3-7H2,1-2H3,(H2,16,17,20). The minimum Gasteiger partial charge on any atom is -0.388 e. The van der Waals surface area contributed by atoms with Crippen LogP contribution in [-0.4, -0.2) is 72.5 Å². The second-order valence-corrected chi connectivity index (χ2v) is 6.08. The summed E-state index contributed by atoms with van der Waals surface area (Å²) in [4.78, 5) is 13.2. The Morgan fingerprint density at radius 1 is 1.52 bits per heavy atom. The first-order valence-corrected chi connectivity index (χ1v) is 7.24. The van der Waals surface area contributed by atoms with E-state index in [2.05, 4.69) is 10.6 Å². The molecule has 0 spiro atoms. The molecule has 2 aliphatic heterocycles. The van der Waals surface area contributed by atoms with Crippen molar-refractivity contribution in [2.24, 2.45) is 0 Å². The zero-order valence-corrected chi connectivity index (χ0v) is 12.3. The van der Waals surface area contributed by atoms with Crippen LogP contribution in [0.4, 0.5) is 13.6 Å². The number of aliphatic hydroxyl groups excluding tert-OH is 1. The predicted octanol–water partition coefficient (Wildman–Crippen LogP) is 0.163. The molecule has 3 unspecified atom stereocenters. The van der Waals surface area contributed by atoms with Gasteiger partial charge in [0, 0.05) is 25.6 Å². The lowest BCUT2D eigenvalue weighted by Gasteiger charge is -2.23. The van der Waals surface area contributed by atoms with Gasteiger partial charge in [0.15, 0.2) is 0 Å². The highest BCUT2D eigenvalue weighted by Crippen LogP contribution is 2.28. The number of aliphatic hydroxyl groups is 1. The maximum atomic E-state index is 13.1. The SMILES string of the molecule is CC(C)NC(=O)NC1COC(CN2CCC(F)(F)C2)C1O. The van der Waals surface area contributed by atoms with Crippen LogP contribution in [0.15, 0.2) is 0 Å². The second-order valence-electron chi connectivity index (χ2n) is 6.08. The van der Waals surface area contributed by atoms with Crippen molar-refractivity contribution in [2.75, 3.05) is 26.2 Å². The third-order valence-corrected chi connectivity index (χ3v) is 3.71. The number of alkyl halides is 2. The summed E-state index contributed by atoms with van der Waals surface area (Å²) in [6.07, 6.45) is -1.60. The van der Waals surface area contributed by atoms with Gasteiger partial charge < -0.3 is 20.5 Å². The van der Waals surface area contributed by atoms with Gasteiger partial charge in [-0.15, -0.1) is 0 Å². The molecule has 2 saturated heterocycles. The Kier molecular flexibility index (Phi) is 5.00. The minimum absolute atomic E-state index is 0.00732. The maximum absolute atomic E-state index is 13.1. The predicted molar refractivity (Wildman–Crippen MR) is 72.3 cm³/mol. The normalized spacial score (nSPS) is 32.6. The number of rotatable bonds is 4. The number of hydrogen-bond donors (Lipinski definition) is 3. The number of urea groups is 1. The number of likely N-dealkylation sites (tertiary alicyclic amines) is 1. The van der Waals surface area contributed by atoms with Crippen molar-refractivity contribution in [3.8, 4) is 0 Å². The molecule has 3 N–H and O–H groups in total. The summed E-state index contributed by atoms with van der Waals surface area (Å²) in [7, 11) is 0. The van der Waals surface area contributed by atoms with Gasteiger partial charge in [0.1, 0.15) is 6.10 Å². The number of ether oxygens (including phenoxy) is 1. The van der Waals surface area contributed by atoms with E-state index in [1.165, 1.54) is 0 Å². The monoisotopic (exact) mass is 307 g/mol. The van der Waals surface area contributed by atoms with Gasteiger partial charge in [0.2, 0.25) is 0 Å². The van der Waals surface area contributed by atoms with Gasteiger partial charge in [-0.1, -0.05) is 0 Å². The van der Waals surface area contributed by atoms with Gasteiger partial charge in [-0.2, -0.15) is 0 Å². The van der Waals surface area contributed by atoms with Crippen molar-refractivity contribution < 1.29 is 23.4 Å². The van der Waals surface area contributed by atoms with E-state index < -0.39 is 24.2 Å². The van der Waals surface area contributed by atoms with Gasteiger partial charge in [0.25, 0.3) is 5.92 Å². The molecule has 122 valence electrons. The van der Waals surface area contributed by atoms with Crippen LogP contribution in [-0.2, 0) is 4.74 Å². The van der Waals surface area contributed by atoms with Crippen LogP contribution in [0.3, 0.4) is 0 Å². The molecule has 0 aromatic rings. The molecule has 0 radical (unpaired) electrons. The lowest BCUT2D eigenvalue weighted by molar-refractivity contribution is -0.00728. The first-order valence-electron chi connectivity index (χ1n) is 7.24. The third kappa shape index (κ3) is 4.49. The Hall–Kier alpha value is -0.990. The molecule has 2 fully saturated rings. The van der Waals surface area contributed by atoms with Crippen LogP contribution in [0.1, 0.15) is 20.3 Å². The van der Waals surface area contributed by atoms with Crippen molar-refractivity contribution in [1.82, 2.24) is 15.5 Å².